The van der Waals surface area contributed by atoms with Gasteiger partial charge < -0.3 is 15.0 Å². The van der Waals surface area contributed by atoms with E-state index in [1.807, 2.05) is 6.07 Å². The van der Waals surface area contributed by atoms with E-state index < -0.39 is 11.6 Å². The highest BCUT2D eigenvalue weighted by Crippen LogP contribution is 2.14. The summed E-state index contributed by atoms with van der Waals surface area (Å²) < 4.78 is 32.2. The Balaban J connectivity index is 1.48. The topological polar surface area (TPSA) is 61.9 Å². The van der Waals surface area contributed by atoms with Crippen LogP contribution >= 0.6 is 0 Å². The molecule has 1 heterocycles. The molecule has 0 bridgehead atoms. The molecule has 1 saturated heterocycles. The first-order valence-corrected chi connectivity index (χ1v) is 10.2. The molecule has 166 valence electrons. The molecule has 1 N–H and O–H groups in total. The van der Waals surface area contributed by atoms with Crippen LogP contribution in [-0.2, 0) is 22.5 Å². The molecule has 1 atom stereocenters. The van der Waals surface area contributed by atoms with Crippen molar-refractivity contribution in [1.29, 1.82) is 0 Å². The number of rotatable bonds is 7. The van der Waals surface area contributed by atoms with E-state index >= 15 is 0 Å². The molecule has 6 nitrogen and oxygen atoms in total. The van der Waals surface area contributed by atoms with E-state index in [4.69, 9.17) is 4.74 Å². The fourth-order valence-corrected chi connectivity index (χ4v) is 3.49. The minimum atomic E-state index is -0.858. The van der Waals surface area contributed by atoms with Gasteiger partial charge in [0.25, 0.3) is 5.91 Å². The molecule has 3 rings (SSSR count). The van der Waals surface area contributed by atoms with Crippen LogP contribution in [0.15, 0.2) is 42.5 Å². The Bertz CT molecular complexity index is 936. The second kappa shape index (κ2) is 10.5. The molecule has 2 aromatic rings. The maximum atomic E-state index is 13.4. The van der Waals surface area contributed by atoms with Crippen molar-refractivity contribution in [3.8, 4) is 0 Å². The lowest BCUT2D eigenvalue weighted by Gasteiger charge is -2.33. The maximum absolute atomic E-state index is 13.4. The summed E-state index contributed by atoms with van der Waals surface area (Å²) in [6, 6.07) is 10.9. The Kier molecular flexibility index (Phi) is 7.70. The van der Waals surface area contributed by atoms with Gasteiger partial charge in [-0.25, -0.2) is 8.78 Å². The van der Waals surface area contributed by atoms with E-state index in [1.54, 1.807) is 38.4 Å². The summed E-state index contributed by atoms with van der Waals surface area (Å²) in [6.45, 7) is 2.59. The van der Waals surface area contributed by atoms with Gasteiger partial charge >= 0.3 is 0 Å². The van der Waals surface area contributed by atoms with Crippen LogP contribution in [-0.4, -0.2) is 68.1 Å². The first kappa shape index (κ1) is 22.8. The molecule has 2 aromatic carbocycles. The standard InChI is InChI=1S/C23H27F2N3O3/c1-27(2)23(30)18-5-3-4-16(10-18)12-22(29)26-13-19-15-28(8-9-31-19)14-17-6-7-20(24)21(25)11-17/h3-7,10-11,19H,8-9,12-15H2,1-2H3,(H,26,29)/t19-/m0/s1. The van der Waals surface area contributed by atoms with E-state index in [9.17, 15) is 18.4 Å². The number of carbonyl (C=O) groups is 2. The van der Waals surface area contributed by atoms with Gasteiger partial charge in [-0.05, 0) is 35.4 Å². The average Bonchev–Trinajstić information content (AvgIpc) is 2.75. The molecule has 0 aromatic heterocycles. The van der Waals surface area contributed by atoms with Gasteiger partial charge in [-0.2, -0.15) is 0 Å². The number of halogens is 2. The summed E-state index contributed by atoms with van der Waals surface area (Å²) in [6.07, 6.45) is -0.0236. The van der Waals surface area contributed by atoms with E-state index in [2.05, 4.69) is 10.2 Å². The normalized spacial score (nSPS) is 16.7. The summed E-state index contributed by atoms with van der Waals surface area (Å²) in [7, 11) is 3.36. The van der Waals surface area contributed by atoms with Gasteiger partial charge in [0, 0.05) is 45.8 Å². The summed E-state index contributed by atoms with van der Waals surface area (Å²) in [5.41, 5.74) is 1.99. The molecule has 1 fully saturated rings. The zero-order chi connectivity index (χ0) is 22.4. The molecule has 8 heteroatoms. The third-order valence-corrected chi connectivity index (χ3v) is 5.08. The molecular weight excluding hydrogens is 404 g/mol. The number of hydrogen-bond donors (Lipinski definition) is 1. The molecule has 1 aliphatic rings. The Morgan fingerprint density at radius 1 is 1.13 bits per heavy atom. The maximum Gasteiger partial charge on any atom is 0.253 e. The van der Waals surface area contributed by atoms with Crippen LogP contribution in [0.25, 0.3) is 0 Å². The summed E-state index contributed by atoms with van der Waals surface area (Å²) in [5.74, 6) is -1.98. The van der Waals surface area contributed by atoms with Crippen molar-refractivity contribution in [2.24, 2.45) is 0 Å². The second-order valence-corrected chi connectivity index (χ2v) is 7.86. The van der Waals surface area contributed by atoms with Crippen molar-refractivity contribution in [3.05, 3.63) is 70.8 Å². The van der Waals surface area contributed by atoms with Gasteiger partial charge in [0.05, 0.1) is 19.1 Å². The number of amides is 2. The van der Waals surface area contributed by atoms with Crippen molar-refractivity contribution >= 4 is 11.8 Å². The van der Waals surface area contributed by atoms with E-state index in [0.29, 0.717) is 43.9 Å². The monoisotopic (exact) mass is 431 g/mol. The molecular formula is C23H27F2N3O3. The molecule has 31 heavy (non-hydrogen) atoms. The van der Waals surface area contributed by atoms with Crippen LogP contribution in [0, 0.1) is 11.6 Å². The molecule has 1 aliphatic heterocycles. The van der Waals surface area contributed by atoms with Gasteiger partial charge in [0.15, 0.2) is 11.6 Å². The predicted octanol–water partition coefficient (Wildman–Crippen LogP) is 2.23. The van der Waals surface area contributed by atoms with Crippen molar-refractivity contribution in [2.75, 3.05) is 40.3 Å². The van der Waals surface area contributed by atoms with Gasteiger partial charge in [-0.15, -0.1) is 0 Å². The van der Waals surface area contributed by atoms with Crippen molar-refractivity contribution in [1.82, 2.24) is 15.1 Å². The lowest BCUT2D eigenvalue weighted by molar-refractivity contribution is -0.121. The molecule has 0 spiro atoms. The molecule has 0 aliphatic carbocycles. The smallest absolute Gasteiger partial charge is 0.253 e. The molecule has 2 amide bonds. The van der Waals surface area contributed by atoms with E-state index in [0.717, 1.165) is 11.6 Å². The fraction of sp³-hybridized carbons (Fsp3) is 0.391. The SMILES string of the molecule is CN(C)C(=O)c1cccc(CC(=O)NC[C@H]2CN(Cc3ccc(F)c(F)c3)CCO2)c1. The van der Waals surface area contributed by atoms with Gasteiger partial charge in [0.1, 0.15) is 0 Å². The number of benzene rings is 2. The highest BCUT2D eigenvalue weighted by Gasteiger charge is 2.21. The predicted molar refractivity (Wildman–Crippen MR) is 113 cm³/mol. The Hall–Kier alpha value is -2.84. The van der Waals surface area contributed by atoms with Crippen LogP contribution in [0.2, 0.25) is 0 Å². The van der Waals surface area contributed by atoms with Gasteiger partial charge in [-0.3, -0.25) is 14.5 Å². The molecule has 0 saturated carbocycles. The van der Waals surface area contributed by atoms with Crippen molar-refractivity contribution in [3.63, 3.8) is 0 Å². The largest absolute Gasteiger partial charge is 0.374 e. The first-order valence-electron chi connectivity index (χ1n) is 10.2. The zero-order valence-corrected chi connectivity index (χ0v) is 17.7. The van der Waals surface area contributed by atoms with E-state index in [-0.39, 0.29) is 24.3 Å². The average molecular weight is 431 g/mol. The molecule has 0 unspecified atom stereocenters. The van der Waals surface area contributed by atoms with Crippen LogP contribution in [0.3, 0.4) is 0 Å². The zero-order valence-electron chi connectivity index (χ0n) is 17.7. The minimum Gasteiger partial charge on any atom is -0.374 e. The summed E-state index contributed by atoms with van der Waals surface area (Å²) in [4.78, 5) is 28.0. The number of nitrogens with zero attached hydrogens (tertiary/aromatic N) is 2. The van der Waals surface area contributed by atoms with Crippen molar-refractivity contribution in [2.45, 2.75) is 19.1 Å². The number of hydrogen-bond acceptors (Lipinski definition) is 4. The van der Waals surface area contributed by atoms with Crippen LogP contribution in [0.5, 0.6) is 0 Å². The first-order chi connectivity index (χ1) is 14.8. The quantitative estimate of drug-likeness (QED) is 0.731. The highest BCUT2D eigenvalue weighted by atomic mass is 19.2. The fourth-order valence-electron chi connectivity index (χ4n) is 3.49. The molecule has 0 radical (unpaired) electrons. The summed E-state index contributed by atoms with van der Waals surface area (Å²) >= 11 is 0. The van der Waals surface area contributed by atoms with E-state index in [1.165, 1.54) is 11.0 Å². The number of morpholine rings is 1. The Morgan fingerprint density at radius 2 is 1.94 bits per heavy atom. The lowest BCUT2D eigenvalue weighted by Crippen LogP contribution is -2.47. The number of carbonyl (C=O) groups excluding carboxylic acids is 2. The minimum absolute atomic E-state index is 0.112. The Morgan fingerprint density at radius 3 is 2.68 bits per heavy atom. The van der Waals surface area contributed by atoms with Gasteiger partial charge in [0.2, 0.25) is 5.91 Å². The third kappa shape index (κ3) is 6.57. The van der Waals surface area contributed by atoms with Crippen LogP contribution in [0.4, 0.5) is 8.78 Å². The van der Waals surface area contributed by atoms with Crippen LogP contribution in [0.1, 0.15) is 21.5 Å². The highest BCUT2D eigenvalue weighted by molar-refractivity contribution is 5.94. The summed E-state index contributed by atoms with van der Waals surface area (Å²) in [5, 5.41) is 2.88. The van der Waals surface area contributed by atoms with Crippen molar-refractivity contribution < 1.29 is 23.1 Å². The second-order valence-electron chi connectivity index (χ2n) is 7.86. The van der Waals surface area contributed by atoms with Crippen LogP contribution < -0.4 is 5.32 Å². The Labute approximate surface area is 180 Å². The number of nitrogens with one attached hydrogen (secondary N) is 1. The third-order valence-electron chi connectivity index (χ3n) is 5.08. The van der Waals surface area contributed by atoms with Gasteiger partial charge in [-0.1, -0.05) is 18.2 Å². The lowest BCUT2D eigenvalue weighted by atomic mass is 10.1. The number of ether oxygens (including phenoxy) is 1.